The molecule has 0 aliphatic heterocycles. The first-order valence-electron chi connectivity index (χ1n) is 12.9. The number of carbonyl (C=O) groups excluding carboxylic acids is 1. The van der Waals surface area contributed by atoms with Gasteiger partial charge in [-0.2, -0.15) is 31.4 Å². The minimum absolute atomic E-state index is 0.00490. The second-order valence-corrected chi connectivity index (χ2v) is 13.9. The molecule has 9 nitrogen and oxygen atoms in total. The molecule has 3 N–H and O–H groups in total. The Labute approximate surface area is 243 Å². The molecule has 2 aromatic heterocycles. The maximum absolute atomic E-state index is 14.2. The maximum atomic E-state index is 14.2. The summed E-state index contributed by atoms with van der Waals surface area (Å²) in [5, 5.41) is 18.7. The van der Waals surface area contributed by atoms with Crippen molar-refractivity contribution in [3.05, 3.63) is 28.5 Å². The second-order valence-electron chi connectivity index (χ2n) is 11.2. The van der Waals surface area contributed by atoms with Crippen LogP contribution in [0.2, 0.25) is 5.02 Å². The van der Waals surface area contributed by atoms with Gasteiger partial charge in [0.1, 0.15) is 15.7 Å². The highest BCUT2D eigenvalue weighted by atomic mass is 35.5. The number of hydrogen-bond acceptors (Lipinski definition) is 7. The van der Waals surface area contributed by atoms with Crippen LogP contribution in [0.5, 0.6) is 0 Å². The number of aromatic nitrogens is 3. The highest BCUT2D eigenvalue weighted by molar-refractivity contribution is 7.91. The van der Waals surface area contributed by atoms with Crippen molar-refractivity contribution >= 4 is 33.2 Å². The van der Waals surface area contributed by atoms with Crippen LogP contribution in [0.3, 0.4) is 0 Å². The maximum Gasteiger partial charge on any atom is 0.417 e. The Balaban J connectivity index is 1.90. The van der Waals surface area contributed by atoms with Crippen LogP contribution in [0, 0.1) is 0 Å². The Hall–Kier alpha value is -2.59. The van der Waals surface area contributed by atoms with E-state index >= 15 is 0 Å². The van der Waals surface area contributed by atoms with E-state index in [1.807, 2.05) is 0 Å². The number of nitrogens with zero attached hydrogens (tertiary/aromatic N) is 3. The lowest BCUT2D eigenvalue weighted by atomic mass is 9.84. The molecular formula is C25H32ClF6N5O4S. The Kier molecular flexibility index (Phi) is 9.55. The predicted molar refractivity (Wildman–Crippen MR) is 144 cm³/mol. The van der Waals surface area contributed by atoms with Crippen LogP contribution in [-0.2, 0) is 22.6 Å². The number of halogens is 7. The van der Waals surface area contributed by atoms with Crippen molar-refractivity contribution < 1.29 is 44.7 Å². The molecule has 0 unspecified atom stereocenters. The minimum Gasteiger partial charge on any atom is -0.388 e. The van der Waals surface area contributed by atoms with E-state index in [4.69, 9.17) is 11.6 Å². The molecule has 0 atom stereocenters. The smallest absolute Gasteiger partial charge is 0.388 e. The van der Waals surface area contributed by atoms with E-state index in [9.17, 15) is 44.7 Å². The van der Waals surface area contributed by atoms with E-state index in [0.717, 1.165) is 17.1 Å². The molecule has 1 fully saturated rings. The van der Waals surface area contributed by atoms with Crippen LogP contribution in [-0.4, -0.2) is 69.6 Å². The van der Waals surface area contributed by atoms with Gasteiger partial charge in [0, 0.05) is 36.6 Å². The van der Waals surface area contributed by atoms with Crippen molar-refractivity contribution in [1.29, 1.82) is 0 Å². The summed E-state index contributed by atoms with van der Waals surface area (Å²) in [6, 6.07) is 0.568. The molecule has 0 radical (unpaired) electrons. The lowest BCUT2D eigenvalue weighted by Crippen LogP contribution is -2.47. The Bertz CT molecular complexity index is 1420. The summed E-state index contributed by atoms with van der Waals surface area (Å²) in [6.45, 7) is 3.62. The Morgan fingerprint density at radius 1 is 1.19 bits per heavy atom. The largest absolute Gasteiger partial charge is 0.417 e. The van der Waals surface area contributed by atoms with Gasteiger partial charge in [-0.1, -0.05) is 11.6 Å². The third-order valence-electron chi connectivity index (χ3n) is 7.03. The van der Waals surface area contributed by atoms with Gasteiger partial charge in [-0.05, 0) is 52.5 Å². The first-order valence-corrected chi connectivity index (χ1v) is 15.3. The number of anilines is 1. The minimum atomic E-state index is -4.98. The standard InChI is InChI=1S/C25H32ClF6N5O4S/c1-5-37-20(15-11-33-17(10-16(15)25(30,31)32)35-22(2,3)12-24(27,28)29)18(26)19(36-37)21(38)34-13-23(39)8-6-14(7-9-23)42(4,40)41/h10-11,14,39H,5-9,12-13H2,1-4H3,(H,33,35)(H,34,38). The molecule has 42 heavy (non-hydrogen) atoms. The monoisotopic (exact) mass is 647 g/mol. The first kappa shape index (κ1) is 33.9. The fourth-order valence-electron chi connectivity index (χ4n) is 4.97. The first-order chi connectivity index (χ1) is 19.1. The number of hydrogen-bond donors (Lipinski definition) is 3. The van der Waals surface area contributed by atoms with Crippen molar-refractivity contribution in [3.8, 4) is 11.3 Å². The average molecular weight is 648 g/mol. The SMILES string of the molecule is CCn1nc(C(=O)NCC2(O)CCC(S(C)(=O)=O)CC2)c(Cl)c1-c1cnc(NC(C)(C)CC(F)(F)F)cc1C(F)(F)F. The summed E-state index contributed by atoms with van der Waals surface area (Å²) < 4.78 is 106. The number of sulfone groups is 1. The third-order valence-corrected chi connectivity index (χ3v) is 9.07. The molecular weight excluding hydrogens is 616 g/mol. The topological polar surface area (TPSA) is 126 Å². The van der Waals surface area contributed by atoms with E-state index in [2.05, 4.69) is 20.7 Å². The van der Waals surface area contributed by atoms with E-state index in [-0.39, 0.29) is 44.5 Å². The fourth-order valence-corrected chi connectivity index (χ4v) is 6.39. The van der Waals surface area contributed by atoms with Crippen molar-refractivity contribution in [2.45, 2.75) is 88.2 Å². The second kappa shape index (κ2) is 11.8. The van der Waals surface area contributed by atoms with Crippen LogP contribution < -0.4 is 10.6 Å². The molecule has 17 heteroatoms. The molecule has 0 bridgehead atoms. The number of amides is 1. The van der Waals surface area contributed by atoms with Crippen LogP contribution in [0.4, 0.5) is 32.2 Å². The van der Waals surface area contributed by atoms with Gasteiger partial charge in [0.2, 0.25) is 0 Å². The highest BCUT2D eigenvalue weighted by Gasteiger charge is 2.40. The van der Waals surface area contributed by atoms with Crippen molar-refractivity contribution in [1.82, 2.24) is 20.1 Å². The number of rotatable bonds is 9. The van der Waals surface area contributed by atoms with Gasteiger partial charge in [-0.3, -0.25) is 9.48 Å². The molecule has 0 spiro atoms. The van der Waals surface area contributed by atoms with E-state index in [1.165, 1.54) is 13.8 Å². The van der Waals surface area contributed by atoms with Gasteiger partial charge in [0.25, 0.3) is 5.91 Å². The average Bonchev–Trinajstić information content (AvgIpc) is 3.16. The van der Waals surface area contributed by atoms with Gasteiger partial charge in [-0.15, -0.1) is 0 Å². The molecule has 2 aromatic rings. The summed E-state index contributed by atoms with van der Waals surface area (Å²) in [5.74, 6) is -1.32. The normalized spacial score (nSPS) is 20.4. The predicted octanol–water partition coefficient (Wildman–Crippen LogP) is 5.23. The molecule has 1 amide bonds. The van der Waals surface area contributed by atoms with Crippen LogP contribution in [0.15, 0.2) is 12.3 Å². The van der Waals surface area contributed by atoms with Crippen LogP contribution >= 0.6 is 11.6 Å². The number of pyridine rings is 1. The van der Waals surface area contributed by atoms with E-state index in [0.29, 0.717) is 6.07 Å². The van der Waals surface area contributed by atoms with Gasteiger partial charge in [0.15, 0.2) is 5.69 Å². The molecule has 1 saturated carbocycles. The van der Waals surface area contributed by atoms with Crippen LogP contribution in [0.25, 0.3) is 11.3 Å². The lowest BCUT2D eigenvalue weighted by Gasteiger charge is -2.35. The zero-order valence-corrected chi connectivity index (χ0v) is 24.8. The van der Waals surface area contributed by atoms with Crippen LogP contribution in [0.1, 0.15) is 68.9 Å². The number of nitrogens with one attached hydrogen (secondary N) is 2. The molecule has 2 heterocycles. The summed E-state index contributed by atoms with van der Waals surface area (Å²) in [4.78, 5) is 16.9. The molecule has 1 aliphatic rings. The molecule has 0 saturated heterocycles. The molecule has 3 rings (SSSR count). The highest BCUT2D eigenvalue weighted by Crippen LogP contribution is 2.42. The van der Waals surface area contributed by atoms with E-state index < -0.39 is 78.6 Å². The fraction of sp³-hybridized carbons (Fsp3) is 0.640. The zero-order chi connectivity index (χ0) is 31.9. The lowest BCUT2D eigenvalue weighted by molar-refractivity contribution is -0.143. The Morgan fingerprint density at radius 2 is 1.79 bits per heavy atom. The van der Waals surface area contributed by atoms with Crippen molar-refractivity contribution in [2.75, 3.05) is 18.1 Å². The number of alkyl halides is 6. The molecule has 236 valence electrons. The van der Waals surface area contributed by atoms with Gasteiger partial charge in [0.05, 0.1) is 33.6 Å². The summed E-state index contributed by atoms with van der Waals surface area (Å²) >= 11 is 6.39. The van der Waals surface area contributed by atoms with Gasteiger partial charge < -0.3 is 15.7 Å². The number of aliphatic hydroxyl groups is 1. The number of aryl methyl sites for hydroxylation is 1. The summed E-state index contributed by atoms with van der Waals surface area (Å²) in [5.41, 5.74) is -5.56. The van der Waals surface area contributed by atoms with Crippen molar-refractivity contribution in [2.24, 2.45) is 0 Å². The Morgan fingerprint density at radius 3 is 2.29 bits per heavy atom. The molecule has 0 aromatic carbocycles. The third kappa shape index (κ3) is 8.28. The van der Waals surface area contributed by atoms with E-state index in [1.54, 1.807) is 6.92 Å². The summed E-state index contributed by atoms with van der Waals surface area (Å²) in [7, 11) is -3.28. The van der Waals surface area contributed by atoms with Crippen molar-refractivity contribution in [3.63, 3.8) is 0 Å². The summed E-state index contributed by atoms with van der Waals surface area (Å²) in [6.07, 6.45) is -8.36. The van der Waals surface area contributed by atoms with Gasteiger partial charge >= 0.3 is 12.4 Å². The van der Waals surface area contributed by atoms with Gasteiger partial charge in [-0.25, -0.2) is 13.4 Å². The zero-order valence-electron chi connectivity index (χ0n) is 23.2. The number of carbonyl (C=O) groups is 1. The quantitative estimate of drug-likeness (QED) is 0.318. The molecule has 1 aliphatic carbocycles.